The Morgan fingerprint density at radius 1 is 1.19 bits per heavy atom. The minimum atomic E-state index is 0. The number of likely N-dealkylation sites (tertiary alicyclic amines) is 1. The van der Waals surface area contributed by atoms with Crippen molar-refractivity contribution in [2.45, 2.75) is 33.6 Å². The lowest BCUT2D eigenvalue weighted by Gasteiger charge is -2.16. The Morgan fingerprint density at radius 3 is 2.46 bits per heavy atom. The van der Waals surface area contributed by atoms with Crippen LogP contribution >= 0.6 is 24.0 Å². The van der Waals surface area contributed by atoms with Crippen molar-refractivity contribution in [1.29, 1.82) is 0 Å². The fraction of sp³-hybridized carbons (Fsp3) is 0.579. The maximum Gasteiger partial charge on any atom is 0.244 e. The molecular weight excluding hydrogens is 443 g/mol. The van der Waals surface area contributed by atoms with Crippen molar-refractivity contribution in [3.05, 3.63) is 29.3 Å². The standard InChI is InChI=1S/C19H30N4O2.HI/c1-4-20-19(22-14-17(24)23-11-5-6-12-23)21-10-13-25-18-15(2)8-7-9-16(18)3;/h7-9H,4-6,10-14H2,1-3H3,(H2,20,21,22);1H. The summed E-state index contributed by atoms with van der Waals surface area (Å²) in [7, 11) is 0. The second-order valence-corrected chi connectivity index (χ2v) is 6.28. The second kappa shape index (κ2) is 12.0. The number of carbonyl (C=O) groups excluding carboxylic acids is 1. The van der Waals surface area contributed by atoms with Gasteiger partial charge in [0.25, 0.3) is 0 Å². The van der Waals surface area contributed by atoms with Gasteiger partial charge in [-0.3, -0.25) is 4.79 Å². The third kappa shape index (κ3) is 7.01. The minimum Gasteiger partial charge on any atom is -0.491 e. The summed E-state index contributed by atoms with van der Waals surface area (Å²) < 4.78 is 5.88. The number of aryl methyl sites for hydroxylation is 2. The first kappa shape index (κ1) is 22.5. The lowest BCUT2D eigenvalue weighted by molar-refractivity contribution is -0.128. The molecule has 6 nitrogen and oxygen atoms in total. The molecule has 0 aromatic heterocycles. The van der Waals surface area contributed by atoms with E-state index < -0.39 is 0 Å². The molecule has 0 radical (unpaired) electrons. The first-order valence-electron chi connectivity index (χ1n) is 9.10. The summed E-state index contributed by atoms with van der Waals surface area (Å²) in [5.41, 5.74) is 2.27. The number of ether oxygens (including phenoxy) is 1. The maximum atomic E-state index is 12.1. The van der Waals surface area contributed by atoms with Gasteiger partial charge in [0.15, 0.2) is 5.96 Å². The number of para-hydroxylation sites is 1. The smallest absolute Gasteiger partial charge is 0.244 e. The molecule has 0 atom stereocenters. The van der Waals surface area contributed by atoms with Crippen molar-refractivity contribution in [1.82, 2.24) is 15.5 Å². The average Bonchev–Trinajstić information content (AvgIpc) is 3.13. The molecule has 0 spiro atoms. The zero-order valence-corrected chi connectivity index (χ0v) is 18.3. The van der Waals surface area contributed by atoms with Crippen molar-refractivity contribution in [3.63, 3.8) is 0 Å². The van der Waals surface area contributed by atoms with Crippen LogP contribution in [0.25, 0.3) is 0 Å². The van der Waals surface area contributed by atoms with Crippen LogP contribution in [0.5, 0.6) is 5.75 Å². The zero-order chi connectivity index (χ0) is 18.1. The molecule has 2 N–H and O–H groups in total. The first-order chi connectivity index (χ1) is 12.1. The predicted octanol–water partition coefficient (Wildman–Crippen LogP) is 2.48. The Labute approximate surface area is 173 Å². The van der Waals surface area contributed by atoms with Crippen LogP contribution in [-0.4, -0.2) is 56.1 Å². The van der Waals surface area contributed by atoms with Gasteiger partial charge in [-0.05, 0) is 44.7 Å². The molecule has 1 heterocycles. The van der Waals surface area contributed by atoms with Crippen LogP contribution in [0.1, 0.15) is 30.9 Å². The van der Waals surface area contributed by atoms with E-state index in [0.717, 1.165) is 49.4 Å². The van der Waals surface area contributed by atoms with Gasteiger partial charge in [-0.15, -0.1) is 24.0 Å². The number of aliphatic imine (C=N–C) groups is 1. The van der Waals surface area contributed by atoms with Gasteiger partial charge in [0.05, 0.1) is 6.54 Å². The number of halogens is 1. The number of nitrogens with zero attached hydrogens (tertiary/aromatic N) is 2. The van der Waals surface area contributed by atoms with E-state index in [9.17, 15) is 4.79 Å². The minimum absolute atomic E-state index is 0. The Bertz CT molecular complexity index is 581. The van der Waals surface area contributed by atoms with Crippen LogP contribution in [0.15, 0.2) is 23.2 Å². The van der Waals surface area contributed by atoms with E-state index in [1.54, 1.807) is 0 Å². The monoisotopic (exact) mass is 474 g/mol. The van der Waals surface area contributed by atoms with E-state index in [1.165, 1.54) is 0 Å². The molecule has 1 amide bonds. The predicted molar refractivity (Wildman–Crippen MR) is 117 cm³/mol. The van der Waals surface area contributed by atoms with E-state index in [1.807, 2.05) is 43.9 Å². The summed E-state index contributed by atoms with van der Waals surface area (Å²) in [5.74, 6) is 1.69. The van der Waals surface area contributed by atoms with Crippen molar-refractivity contribution < 1.29 is 9.53 Å². The molecule has 1 aromatic carbocycles. The molecule has 0 bridgehead atoms. The molecule has 1 aliphatic heterocycles. The Balaban J connectivity index is 0.00000338. The van der Waals surface area contributed by atoms with Gasteiger partial charge in [0, 0.05) is 19.6 Å². The molecule has 26 heavy (non-hydrogen) atoms. The van der Waals surface area contributed by atoms with E-state index in [-0.39, 0.29) is 36.4 Å². The summed E-state index contributed by atoms with van der Waals surface area (Å²) in [6, 6.07) is 6.12. The van der Waals surface area contributed by atoms with Crippen molar-refractivity contribution in [3.8, 4) is 5.75 Å². The highest BCUT2D eigenvalue weighted by atomic mass is 127. The molecular formula is C19H31IN4O2. The fourth-order valence-electron chi connectivity index (χ4n) is 2.90. The molecule has 1 fully saturated rings. The number of hydrogen-bond acceptors (Lipinski definition) is 3. The Hall–Kier alpha value is -1.51. The number of nitrogens with one attached hydrogen (secondary N) is 2. The van der Waals surface area contributed by atoms with Crippen LogP contribution in [0.2, 0.25) is 0 Å². The summed E-state index contributed by atoms with van der Waals surface area (Å²) in [6.07, 6.45) is 2.20. The van der Waals surface area contributed by atoms with Gasteiger partial charge in [0.2, 0.25) is 5.91 Å². The quantitative estimate of drug-likeness (QED) is 0.276. The molecule has 0 aliphatic carbocycles. The average molecular weight is 474 g/mol. The van der Waals surface area contributed by atoms with E-state index in [0.29, 0.717) is 19.1 Å². The van der Waals surface area contributed by atoms with Crippen molar-refractivity contribution in [2.75, 3.05) is 39.3 Å². The Morgan fingerprint density at radius 2 is 1.85 bits per heavy atom. The normalized spacial score (nSPS) is 14.0. The van der Waals surface area contributed by atoms with E-state index in [2.05, 4.69) is 15.6 Å². The van der Waals surface area contributed by atoms with Crippen LogP contribution in [0.3, 0.4) is 0 Å². The van der Waals surface area contributed by atoms with E-state index in [4.69, 9.17) is 4.74 Å². The Kier molecular flexibility index (Phi) is 10.4. The van der Waals surface area contributed by atoms with Gasteiger partial charge in [-0.1, -0.05) is 18.2 Å². The van der Waals surface area contributed by atoms with Gasteiger partial charge < -0.3 is 20.3 Å². The van der Waals surface area contributed by atoms with Crippen LogP contribution in [-0.2, 0) is 4.79 Å². The van der Waals surface area contributed by atoms with Gasteiger partial charge in [0.1, 0.15) is 18.9 Å². The number of carbonyl (C=O) groups is 1. The molecule has 0 unspecified atom stereocenters. The summed E-state index contributed by atoms with van der Waals surface area (Å²) in [5, 5.41) is 6.38. The second-order valence-electron chi connectivity index (χ2n) is 6.28. The number of amides is 1. The number of rotatable bonds is 7. The summed E-state index contributed by atoms with van der Waals surface area (Å²) in [6.45, 7) is 9.93. The summed E-state index contributed by atoms with van der Waals surface area (Å²) >= 11 is 0. The van der Waals surface area contributed by atoms with Crippen LogP contribution < -0.4 is 15.4 Å². The third-order valence-electron chi connectivity index (χ3n) is 4.23. The molecule has 1 aromatic rings. The SMILES string of the molecule is CCNC(=NCC(=O)N1CCCC1)NCCOc1c(C)cccc1C.I. The van der Waals surface area contributed by atoms with Gasteiger partial charge in [-0.25, -0.2) is 4.99 Å². The summed E-state index contributed by atoms with van der Waals surface area (Å²) in [4.78, 5) is 18.4. The van der Waals surface area contributed by atoms with Crippen LogP contribution in [0.4, 0.5) is 0 Å². The topological polar surface area (TPSA) is 66.0 Å². The highest BCUT2D eigenvalue weighted by Gasteiger charge is 2.17. The highest BCUT2D eigenvalue weighted by Crippen LogP contribution is 2.21. The molecule has 1 aliphatic rings. The molecule has 2 rings (SSSR count). The first-order valence-corrected chi connectivity index (χ1v) is 9.10. The van der Waals surface area contributed by atoms with Crippen molar-refractivity contribution >= 4 is 35.8 Å². The van der Waals surface area contributed by atoms with Gasteiger partial charge >= 0.3 is 0 Å². The molecule has 146 valence electrons. The maximum absolute atomic E-state index is 12.1. The van der Waals surface area contributed by atoms with E-state index >= 15 is 0 Å². The largest absolute Gasteiger partial charge is 0.491 e. The fourth-order valence-corrected chi connectivity index (χ4v) is 2.90. The number of benzene rings is 1. The number of guanidine groups is 1. The third-order valence-corrected chi connectivity index (χ3v) is 4.23. The lowest BCUT2D eigenvalue weighted by atomic mass is 10.1. The van der Waals surface area contributed by atoms with Crippen molar-refractivity contribution in [2.24, 2.45) is 4.99 Å². The molecule has 0 saturated carbocycles. The lowest BCUT2D eigenvalue weighted by Crippen LogP contribution is -2.40. The molecule has 7 heteroatoms. The highest BCUT2D eigenvalue weighted by molar-refractivity contribution is 14.0. The number of hydrogen-bond donors (Lipinski definition) is 2. The van der Waals surface area contributed by atoms with Crippen LogP contribution in [0, 0.1) is 13.8 Å². The zero-order valence-electron chi connectivity index (χ0n) is 16.0. The van der Waals surface area contributed by atoms with Gasteiger partial charge in [-0.2, -0.15) is 0 Å². The molecule has 1 saturated heterocycles.